The topological polar surface area (TPSA) is 55.5 Å². The van der Waals surface area contributed by atoms with Crippen molar-refractivity contribution in [2.45, 2.75) is 57.4 Å². The number of nitrogens with two attached hydrogens (primary N) is 1. The largest absolute Gasteiger partial charge is 0.508 e. The number of hydrogen-bond donors (Lipinski definition) is 2. The number of methoxy groups -OCH3 is 1. The molecule has 1 fully saturated rings. The zero-order chi connectivity index (χ0) is 14.3. The summed E-state index contributed by atoms with van der Waals surface area (Å²) in [6, 6.07) is 3.75. The number of phenolic OH excluding ortho intramolecular Hbond substituents is 1. The Morgan fingerprint density at radius 3 is 2.26 bits per heavy atom. The van der Waals surface area contributed by atoms with Gasteiger partial charge in [0.05, 0.1) is 7.11 Å². The van der Waals surface area contributed by atoms with Crippen LogP contribution in [-0.4, -0.2) is 12.2 Å². The van der Waals surface area contributed by atoms with Crippen molar-refractivity contribution in [1.82, 2.24) is 0 Å². The van der Waals surface area contributed by atoms with Crippen molar-refractivity contribution < 1.29 is 9.84 Å². The van der Waals surface area contributed by atoms with E-state index >= 15 is 0 Å². The second-order valence-electron chi connectivity index (χ2n) is 6.68. The molecule has 0 spiro atoms. The van der Waals surface area contributed by atoms with Crippen molar-refractivity contribution in [1.29, 1.82) is 0 Å². The molecule has 0 saturated heterocycles. The highest BCUT2D eigenvalue weighted by Crippen LogP contribution is 2.44. The van der Waals surface area contributed by atoms with Gasteiger partial charge in [0.1, 0.15) is 11.5 Å². The molecular formula is C16H25NO2. The predicted molar refractivity (Wildman–Crippen MR) is 77.7 cm³/mol. The van der Waals surface area contributed by atoms with E-state index in [9.17, 15) is 5.11 Å². The molecule has 1 saturated carbocycles. The minimum atomic E-state index is -0.348. The first-order valence-electron chi connectivity index (χ1n) is 6.99. The van der Waals surface area contributed by atoms with Gasteiger partial charge in [-0.1, -0.05) is 33.6 Å². The number of phenols is 1. The maximum absolute atomic E-state index is 10.3. The van der Waals surface area contributed by atoms with Gasteiger partial charge < -0.3 is 15.6 Å². The molecule has 0 radical (unpaired) electrons. The first kappa shape index (κ1) is 14.2. The van der Waals surface area contributed by atoms with Gasteiger partial charge in [-0.25, -0.2) is 0 Å². The highest BCUT2D eigenvalue weighted by Gasteiger charge is 2.35. The summed E-state index contributed by atoms with van der Waals surface area (Å²) in [5, 5.41) is 10.3. The van der Waals surface area contributed by atoms with Gasteiger partial charge in [0.2, 0.25) is 0 Å². The van der Waals surface area contributed by atoms with E-state index in [2.05, 4.69) is 20.8 Å². The van der Waals surface area contributed by atoms with Gasteiger partial charge in [0.25, 0.3) is 0 Å². The van der Waals surface area contributed by atoms with Crippen LogP contribution >= 0.6 is 0 Å². The summed E-state index contributed by atoms with van der Waals surface area (Å²) in [6.45, 7) is 6.23. The molecule has 0 aromatic heterocycles. The fraction of sp³-hybridized carbons (Fsp3) is 0.625. The van der Waals surface area contributed by atoms with E-state index < -0.39 is 0 Å². The monoisotopic (exact) mass is 263 g/mol. The Balaban J connectivity index is 2.54. The van der Waals surface area contributed by atoms with Crippen LogP contribution in [0.3, 0.4) is 0 Å². The lowest BCUT2D eigenvalue weighted by atomic mass is 9.82. The van der Waals surface area contributed by atoms with Crippen LogP contribution in [0.1, 0.15) is 57.6 Å². The minimum Gasteiger partial charge on any atom is -0.508 e. The van der Waals surface area contributed by atoms with E-state index in [4.69, 9.17) is 10.5 Å². The Morgan fingerprint density at radius 2 is 1.79 bits per heavy atom. The van der Waals surface area contributed by atoms with Crippen LogP contribution in [0, 0.1) is 0 Å². The molecule has 0 heterocycles. The van der Waals surface area contributed by atoms with E-state index in [1.807, 2.05) is 12.1 Å². The molecule has 0 atom stereocenters. The number of ether oxygens (including phenoxy) is 1. The van der Waals surface area contributed by atoms with E-state index in [0.717, 1.165) is 42.6 Å². The molecule has 3 nitrogen and oxygen atoms in total. The van der Waals surface area contributed by atoms with Gasteiger partial charge in [0, 0.05) is 16.7 Å². The van der Waals surface area contributed by atoms with Gasteiger partial charge in [-0.05, 0) is 30.4 Å². The summed E-state index contributed by atoms with van der Waals surface area (Å²) < 4.78 is 5.52. The average molecular weight is 263 g/mol. The first-order chi connectivity index (χ1) is 8.78. The Hall–Kier alpha value is -1.22. The molecule has 1 aliphatic rings. The van der Waals surface area contributed by atoms with E-state index in [1.165, 1.54) is 0 Å². The molecule has 1 aromatic carbocycles. The maximum Gasteiger partial charge on any atom is 0.124 e. The fourth-order valence-electron chi connectivity index (χ4n) is 3.00. The molecule has 19 heavy (non-hydrogen) atoms. The van der Waals surface area contributed by atoms with Crippen LogP contribution in [0.4, 0.5) is 0 Å². The van der Waals surface area contributed by atoms with Gasteiger partial charge in [-0.2, -0.15) is 0 Å². The highest BCUT2D eigenvalue weighted by atomic mass is 16.5. The third-order valence-corrected chi connectivity index (χ3v) is 4.16. The van der Waals surface area contributed by atoms with Crippen molar-refractivity contribution >= 4 is 0 Å². The summed E-state index contributed by atoms with van der Waals surface area (Å²) in [5.74, 6) is 1.12. The number of rotatable bonds is 2. The lowest BCUT2D eigenvalue weighted by Gasteiger charge is -2.29. The first-order valence-corrected chi connectivity index (χ1v) is 6.99. The van der Waals surface area contributed by atoms with Gasteiger partial charge >= 0.3 is 0 Å². The molecular weight excluding hydrogens is 238 g/mol. The highest BCUT2D eigenvalue weighted by molar-refractivity contribution is 5.51. The van der Waals surface area contributed by atoms with E-state index in [0.29, 0.717) is 5.75 Å². The maximum atomic E-state index is 10.3. The zero-order valence-electron chi connectivity index (χ0n) is 12.4. The Bertz CT molecular complexity index is 468. The summed E-state index contributed by atoms with van der Waals surface area (Å²) in [4.78, 5) is 0. The van der Waals surface area contributed by atoms with Crippen LogP contribution in [0.25, 0.3) is 0 Å². The molecule has 0 unspecified atom stereocenters. The summed E-state index contributed by atoms with van der Waals surface area (Å²) >= 11 is 0. The Kier molecular flexibility index (Phi) is 3.52. The lowest BCUT2D eigenvalue weighted by Crippen LogP contribution is -2.33. The van der Waals surface area contributed by atoms with E-state index in [1.54, 1.807) is 7.11 Å². The van der Waals surface area contributed by atoms with Crippen molar-refractivity contribution in [3.8, 4) is 11.5 Å². The van der Waals surface area contributed by atoms with Crippen LogP contribution in [0.15, 0.2) is 12.1 Å². The van der Waals surface area contributed by atoms with Gasteiger partial charge in [-0.3, -0.25) is 0 Å². The number of aromatic hydroxyl groups is 1. The summed E-state index contributed by atoms with van der Waals surface area (Å²) in [5.41, 5.74) is 7.87. The Morgan fingerprint density at radius 1 is 1.21 bits per heavy atom. The quantitative estimate of drug-likeness (QED) is 0.859. The van der Waals surface area contributed by atoms with Crippen LogP contribution < -0.4 is 10.5 Å². The van der Waals surface area contributed by atoms with Crippen LogP contribution in [-0.2, 0) is 11.0 Å². The second-order valence-corrected chi connectivity index (χ2v) is 6.68. The molecule has 106 valence electrons. The molecule has 0 bridgehead atoms. The third kappa shape index (κ3) is 2.57. The van der Waals surface area contributed by atoms with E-state index in [-0.39, 0.29) is 11.0 Å². The lowest BCUT2D eigenvalue weighted by molar-refractivity contribution is 0.371. The third-order valence-electron chi connectivity index (χ3n) is 4.16. The molecule has 0 aliphatic heterocycles. The van der Waals surface area contributed by atoms with Crippen molar-refractivity contribution in [3.05, 3.63) is 23.3 Å². The van der Waals surface area contributed by atoms with Crippen LogP contribution in [0.2, 0.25) is 0 Å². The molecule has 1 aromatic rings. The van der Waals surface area contributed by atoms with Crippen molar-refractivity contribution in [2.24, 2.45) is 5.73 Å². The fourth-order valence-corrected chi connectivity index (χ4v) is 3.00. The standard InChI is InChI=1S/C16H25NO2/c1-15(2,3)11-10-14(19-4)12(9-13(11)18)16(17)7-5-6-8-16/h9-10,18H,5-8,17H2,1-4H3. The number of benzene rings is 1. The molecule has 0 amide bonds. The van der Waals surface area contributed by atoms with Crippen molar-refractivity contribution in [3.63, 3.8) is 0 Å². The summed E-state index contributed by atoms with van der Waals surface area (Å²) in [6.07, 6.45) is 4.19. The number of hydrogen-bond acceptors (Lipinski definition) is 3. The van der Waals surface area contributed by atoms with Gasteiger partial charge in [-0.15, -0.1) is 0 Å². The zero-order valence-corrected chi connectivity index (χ0v) is 12.4. The molecule has 3 heteroatoms. The summed E-state index contributed by atoms with van der Waals surface area (Å²) in [7, 11) is 1.67. The van der Waals surface area contributed by atoms with Crippen LogP contribution in [0.5, 0.6) is 11.5 Å². The molecule has 2 rings (SSSR count). The predicted octanol–water partition coefficient (Wildman–Crippen LogP) is 3.43. The minimum absolute atomic E-state index is 0.118. The molecule has 1 aliphatic carbocycles. The SMILES string of the molecule is COc1cc(C(C)(C)C)c(O)cc1C1(N)CCCC1. The van der Waals surface area contributed by atoms with Crippen molar-refractivity contribution in [2.75, 3.05) is 7.11 Å². The molecule has 3 N–H and O–H groups in total. The van der Waals surface area contributed by atoms with Gasteiger partial charge in [0.15, 0.2) is 0 Å². The smallest absolute Gasteiger partial charge is 0.124 e. The average Bonchev–Trinajstić information content (AvgIpc) is 2.75. The Labute approximate surface area is 115 Å². The normalized spacial score (nSPS) is 18.6. The second kappa shape index (κ2) is 4.71.